The highest BCUT2D eigenvalue weighted by Gasteiger charge is 2.25. The molecule has 0 unspecified atom stereocenters. The van der Waals surface area contributed by atoms with E-state index in [0.29, 0.717) is 30.9 Å². The lowest BCUT2D eigenvalue weighted by Gasteiger charge is -2.36. The summed E-state index contributed by atoms with van der Waals surface area (Å²) in [5, 5.41) is 15.1. The number of hydrogen-bond donors (Lipinski definition) is 2. The number of ketones is 1. The van der Waals surface area contributed by atoms with E-state index in [4.69, 9.17) is 9.72 Å². The lowest BCUT2D eigenvalue weighted by atomic mass is 9.95. The summed E-state index contributed by atoms with van der Waals surface area (Å²) >= 11 is 0. The summed E-state index contributed by atoms with van der Waals surface area (Å²) in [6.07, 6.45) is 3.84. The number of aryl methyl sites for hydroxylation is 1. The van der Waals surface area contributed by atoms with E-state index >= 15 is 0 Å². The first kappa shape index (κ1) is 33.6. The molecule has 0 saturated carbocycles. The average Bonchev–Trinajstić information content (AvgIpc) is 3.29. The molecular formula is C31H49N7O3S. The highest BCUT2D eigenvalue weighted by atomic mass is 32.1. The van der Waals surface area contributed by atoms with Crippen molar-refractivity contribution in [1.82, 2.24) is 24.9 Å². The van der Waals surface area contributed by atoms with Crippen molar-refractivity contribution >= 4 is 53.4 Å². The molecule has 2 N–H and O–H groups in total. The lowest BCUT2D eigenvalue weighted by Crippen LogP contribution is -2.45. The minimum absolute atomic E-state index is 0. The van der Waals surface area contributed by atoms with E-state index in [-0.39, 0.29) is 49.2 Å². The SMILES string of the molecule is Cc1nnc2c(NCCCCCC(=O)[C@@H](NC(=O)CC(C)C)C(C)C)nc3cc(N4C[C@@H](C)O[C@@H](C)C4)ccc3n12.S. The monoisotopic (exact) mass is 599 g/mol. The fourth-order valence-corrected chi connectivity index (χ4v) is 5.65. The smallest absolute Gasteiger partial charge is 0.220 e. The maximum atomic E-state index is 12.8. The Morgan fingerprint density at radius 2 is 1.76 bits per heavy atom. The molecule has 3 heterocycles. The van der Waals surface area contributed by atoms with Gasteiger partial charge in [-0.1, -0.05) is 34.1 Å². The van der Waals surface area contributed by atoms with E-state index in [0.717, 1.165) is 54.9 Å². The van der Waals surface area contributed by atoms with E-state index in [1.54, 1.807) is 0 Å². The highest BCUT2D eigenvalue weighted by Crippen LogP contribution is 2.27. The van der Waals surface area contributed by atoms with Crippen molar-refractivity contribution in [3.05, 3.63) is 24.0 Å². The van der Waals surface area contributed by atoms with Crippen LogP contribution in [0.5, 0.6) is 0 Å². The normalized spacial score (nSPS) is 18.0. The quantitative estimate of drug-likeness (QED) is 0.263. The number of unbranched alkanes of at least 4 members (excludes halogenated alkanes) is 2. The molecule has 42 heavy (non-hydrogen) atoms. The van der Waals surface area contributed by atoms with Gasteiger partial charge in [-0.15, -0.1) is 10.2 Å². The van der Waals surface area contributed by atoms with Crippen molar-refractivity contribution in [2.45, 2.75) is 98.8 Å². The van der Waals surface area contributed by atoms with Gasteiger partial charge in [0.1, 0.15) is 5.82 Å². The Kier molecular flexibility index (Phi) is 12.0. The zero-order valence-corrected chi connectivity index (χ0v) is 27.2. The number of morpholine rings is 1. The summed E-state index contributed by atoms with van der Waals surface area (Å²) in [7, 11) is 0. The molecule has 1 saturated heterocycles. The van der Waals surface area contributed by atoms with Crippen molar-refractivity contribution in [3.63, 3.8) is 0 Å². The number of benzene rings is 1. The predicted octanol–water partition coefficient (Wildman–Crippen LogP) is 5.04. The van der Waals surface area contributed by atoms with Gasteiger partial charge in [0.05, 0.1) is 29.3 Å². The maximum Gasteiger partial charge on any atom is 0.220 e. The number of anilines is 2. The largest absolute Gasteiger partial charge is 0.372 e. The fraction of sp³-hybridized carbons (Fsp3) is 0.645. The van der Waals surface area contributed by atoms with Gasteiger partial charge in [-0.05, 0) is 63.6 Å². The van der Waals surface area contributed by atoms with Crippen LogP contribution in [0.15, 0.2) is 18.2 Å². The number of ether oxygens (including phenoxy) is 1. The number of hydrogen-bond acceptors (Lipinski definition) is 8. The first-order chi connectivity index (χ1) is 19.5. The van der Waals surface area contributed by atoms with E-state index in [9.17, 15) is 9.59 Å². The van der Waals surface area contributed by atoms with Gasteiger partial charge in [-0.3, -0.25) is 14.0 Å². The Morgan fingerprint density at radius 3 is 2.43 bits per heavy atom. The fourth-order valence-electron chi connectivity index (χ4n) is 5.65. The number of nitrogens with zero attached hydrogens (tertiary/aromatic N) is 5. The van der Waals surface area contributed by atoms with E-state index in [2.05, 4.69) is 62.2 Å². The summed E-state index contributed by atoms with van der Waals surface area (Å²) in [4.78, 5) is 32.4. The number of amides is 1. The number of nitrogens with one attached hydrogen (secondary N) is 2. The van der Waals surface area contributed by atoms with Crippen LogP contribution in [0.4, 0.5) is 11.5 Å². The topological polar surface area (TPSA) is 114 Å². The van der Waals surface area contributed by atoms with Crippen LogP contribution in [0.3, 0.4) is 0 Å². The van der Waals surface area contributed by atoms with Crippen LogP contribution < -0.4 is 15.5 Å². The standard InChI is InChI=1S/C31H47N7O3.H2S/c1-19(2)15-28(40)34-29(20(3)4)27(39)11-9-8-10-14-32-30-31-36-35-23(7)38(31)26-13-12-24(16-25(26)33-30)37-17-21(5)41-22(6)18-37;/h12-13,16,19-22,29H,8-11,14-15,17-18H2,1-7H3,(H,32,33)(H,34,40);1H2/t21-,22+,29-;/m0./s1. The predicted molar refractivity (Wildman–Crippen MR) is 174 cm³/mol. The second-order valence-corrected chi connectivity index (χ2v) is 12.3. The van der Waals surface area contributed by atoms with Crippen LogP contribution in [0.1, 0.15) is 79.5 Å². The summed E-state index contributed by atoms with van der Waals surface area (Å²) in [5.41, 5.74) is 3.71. The minimum atomic E-state index is -0.417. The number of rotatable bonds is 13. The Morgan fingerprint density at radius 1 is 1.05 bits per heavy atom. The second-order valence-electron chi connectivity index (χ2n) is 12.3. The number of aromatic nitrogens is 4. The van der Waals surface area contributed by atoms with Crippen LogP contribution in [0.2, 0.25) is 0 Å². The van der Waals surface area contributed by atoms with Gasteiger partial charge >= 0.3 is 0 Å². The third kappa shape index (κ3) is 8.34. The van der Waals surface area contributed by atoms with E-state index in [1.165, 1.54) is 0 Å². The molecule has 232 valence electrons. The summed E-state index contributed by atoms with van der Waals surface area (Å²) in [5.74, 6) is 1.93. The molecule has 1 amide bonds. The summed E-state index contributed by atoms with van der Waals surface area (Å²) < 4.78 is 7.97. The third-order valence-corrected chi connectivity index (χ3v) is 7.57. The molecule has 0 radical (unpaired) electrons. The molecule has 3 atom stereocenters. The summed E-state index contributed by atoms with van der Waals surface area (Å²) in [6.45, 7) is 16.6. The van der Waals surface area contributed by atoms with Gasteiger partial charge in [0.25, 0.3) is 0 Å². The molecule has 2 aromatic heterocycles. The van der Waals surface area contributed by atoms with Crippen molar-refractivity contribution in [2.24, 2.45) is 11.8 Å². The second kappa shape index (κ2) is 15.0. The molecule has 0 spiro atoms. The first-order valence-corrected chi connectivity index (χ1v) is 15.1. The zero-order chi connectivity index (χ0) is 29.7. The van der Waals surface area contributed by atoms with Gasteiger partial charge in [-0.2, -0.15) is 13.5 Å². The highest BCUT2D eigenvalue weighted by molar-refractivity contribution is 7.59. The van der Waals surface area contributed by atoms with Gasteiger partial charge in [0, 0.05) is 38.2 Å². The third-order valence-electron chi connectivity index (χ3n) is 7.57. The van der Waals surface area contributed by atoms with Crippen LogP contribution in [-0.2, 0) is 14.3 Å². The maximum absolute atomic E-state index is 12.8. The average molecular weight is 600 g/mol. The van der Waals surface area contributed by atoms with Gasteiger partial charge in [0.15, 0.2) is 11.6 Å². The molecule has 1 aliphatic heterocycles. The molecular weight excluding hydrogens is 550 g/mol. The molecule has 1 fully saturated rings. The van der Waals surface area contributed by atoms with Crippen molar-refractivity contribution in [3.8, 4) is 0 Å². The lowest BCUT2D eigenvalue weighted by molar-refractivity contribution is -0.129. The van der Waals surface area contributed by atoms with Crippen LogP contribution in [-0.4, -0.2) is 69.2 Å². The molecule has 1 aliphatic rings. The summed E-state index contributed by atoms with van der Waals surface area (Å²) in [6, 6.07) is 5.96. The van der Waals surface area contributed by atoms with Crippen molar-refractivity contribution in [2.75, 3.05) is 29.9 Å². The zero-order valence-electron chi connectivity index (χ0n) is 26.2. The molecule has 3 aromatic rings. The molecule has 1 aromatic carbocycles. The van der Waals surface area contributed by atoms with E-state index in [1.807, 2.05) is 34.6 Å². The molecule has 11 heteroatoms. The first-order valence-electron chi connectivity index (χ1n) is 15.1. The van der Waals surface area contributed by atoms with Gasteiger partial charge < -0.3 is 20.3 Å². The number of carbonyl (C=O) groups is 2. The van der Waals surface area contributed by atoms with Crippen LogP contribution >= 0.6 is 13.5 Å². The Bertz CT molecular complexity index is 1350. The van der Waals surface area contributed by atoms with Crippen molar-refractivity contribution < 1.29 is 14.3 Å². The Labute approximate surface area is 256 Å². The Hall–Kier alpha value is -2.92. The van der Waals surface area contributed by atoms with E-state index < -0.39 is 6.04 Å². The number of Topliss-reactive ketones (excluding diaryl/α,β-unsaturated/α-hetero) is 1. The number of carbonyl (C=O) groups excluding carboxylic acids is 2. The molecule has 0 bridgehead atoms. The molecule has 0 aliphatic carbocycles. The molecule has 10 nitrogen and oxygen atoms in total. The molecule has 4 rings (SSSR count). The van der Waals surface area contributed by atoms with Crippen LogP contribution in [0, 0.1) is 18.8 Å². The Balaban J connectivity index is 0.00000484. The van der Waals surface area contributed by atoms with Gasteiger partial charge in [0.2, 0.25) is 11.6 Å². The van der Waals surface area contributed by atoms with Crippen molar-refractivity contribution in [1.29, 1.82) is 0 Å². The van der Waals surface area contributed by atoms with Crippen LogP contribution in [0.25, 0.3) is 16.7 Å². The number of fused-ring (bicyclic) bond motifs is 3. The van der Waals surface area contributed by atoms with Gasteiger partial charge in [-0.25, -0.2) is 4.98 Å². The minimum Gasteiger partial charge on any atom is -0.372 e.